The predicted octanol–water partition coefficient (Wildman–Crippen LogP) is 4.18. The molecule has 0 aliphatic rings. The second-order valence-electron chi connectivity index (χ2n) is 5.55. The van der Waals surface area contributed by atoms with Gasteiger partial charge in [-0.15, -0.1) is 0 Å². The van der Waals surface area contributed by atoms with Crippen LogP contribution in [0.4, 0.5) is 4.39 Å². The van der Waals surface area contributed by atoms with Crippen molar-refractivity contribution in [2.75, 3.05) is 0 Å². The number of hydrogen-bond acceptors (Lipinski definition) is 1. The Hall–Kier alpha value is -2.11. The molecule has 1 nitrogen and oxygen atoms in total. The van der Waals surface area contributed by atoms with Crippen molar-refractivity contribution in [1.29, 1.82) is 0 Å². The smallest absolute Gasteiger partial charge is 0.131 e. The first-order valence-electron chi connectivity index (χ1n) is 7.03. The van der Waals surface area contributed by atoms with Crippen LogP contribution >= 0.6 is 0 Å². The highest BCUT2D eigenvalue weighted by Gasteiger charge is 2.07. The van der Waals surface area contributed by atoms with Crippen LogP contribution in [0.2, 0.25) is 0 Å². The lowest BCUT2D eigenvalue weighted by Gasteiger charge is -2.07. The standard InChI is InChI=1S/C19H19FO/c1-4-14-7-10-17(18(20)13-14)16-8-5-15(6-9-16)11-12-19(2,3)21/h5-10,13,21H,4H2,1-3H3. The summed E-state index contributed by atoms with van der Waals surface area (Å²) in [6.45, 7) is 5.28. The van der Waals surface area contributed by atoms with E-state index in [0.717, 1.165) is 23.1 Å². The van der Waals surface area contributed by atoms with Crippen LogP contribution in [0.1, 0.15) is 31.9 Å². The third-order valence-electron chi connectivity index (χ3n) is 3.15. The van der Waals surface area contributed by atoms with E-state index >= 15 is 0 Å². The number of halogens is 1. The molecule has 2 aromatic rings. The van der Waals surface area contributed by atoms with E-state index in [1.54, 1.807) is 19.9 Å². The fourth-order valence-corrected chi connectivity index (χ4v) is 1.97. The first-order chi connectivity index (χ1) is 9.89. The summed E-state index contributed by atoms with van der Waals surface area (Å²) in [5, 5.41) is 9.57. The summed E-state index contributed by atoms with van der Waals surface area (Å²) in [6, 6.07) is 12.7. The van der Waals surface area contributed by atoms with E-state index in [1.807, 2.05) is 43.3 Å². The average molecular weight is 282 g/mol. The SMILES string of the molecule is CCc1ccc(-c2ccc(C#CC(C)(C)O)cc2)c(F)c1. The van der Waals surface area contributed by atoms with E-state index in [0.29, 0.717) is 5.56 Å². The summed E-state index contributed by atoms with van der Waals surface area (Å²) < 4.78 is 14.1. The minimum Gasteiger partial charge on any atom is -0.378 e. The highest BCUT2D eigenvalue weighted by Crippen LogP contribution is 2.24. The lowest BCUT2D eigenvalue weighted by molar-refractivity contribution is 0.143. The van der Waals surface area contributed by atoms with E-state index in [4.69, 9.17) is 0 Å². The predicted molar refractivity (Wildman–Crippen MR) is 84.4 cm³/mol. The Morgan fingerprint density at radius 2 is 1.76 bits per heavy atom. The second-order valence-corrected chi connectivity index (χ2v) is 5.55. The summed E-state index contributed by atoms with van der Waals surface area (Å²) in [5.74, 6) is 5.45. The molecule has 0 saturated heterocycles. The van der Waals surface area contributed by atoms with Gasteiger partial charge in [0.15, 0.2) is 0 Å². The van der Waals surface area contributed by atoms with Gasteiger partial charge in [0.25, 0.3) is 0 Å². The zero-order valence-corrected chi connectivity index (χ0v) is 12.6. The molecular formula is C19H19FO. The second kappa shape index (κ2) is 6.11. The number of hydrogen-bond donors (Lipinski definition) is 1. The average Bonchev–Trinajstić information content (AvgIpc) is 2.45. The molecule has 2 aromatic carbocycles. The van der Waals surface area contributed by atoms with Gasteiger partial charge in [-0.2, -0.15) is 0 Å². The Kier molecular flexibility index (Phi) is 4.45. The van der Waals surface area contributed by atoms with Gasteiger partial charge < -0.3 is 5.11 Å². The van der Waals surface area contributed by atoms with Gasteiger partial charge in [-0.3, -0.25) is 0 Å². The van der Waals surface area contributed by atoms with Crippen molar-refractivity contribution < 1.29 is 9.50 Å². The Labute approximate surface area is 125 Å². The topological polar surface area (TPSA) is 20.2 Å². The quantitative estimate of drug-likeness (QED) is 0.819. The van der Waals surface area contributed by atoms with Crippen LogP contribution in [0.25, 0.3) is 11.1 Å². The first kappa shape index (κ1) is 15.3. The summed E-state index contributed by atoms with van der Waals surface area (Å²) in [4.78, 5) is 0. The Balaban J connectivity index is 2.28. The van der Waals surface area contributed by atoms with Gasteiger partial charge in [0.2, 0.25) is 0 Å². The van der Waals surface area contributed by atoms with Gasteiger partial charge in [0.1, 0.15) is 11.4 Å². The molecule has 0 amide bonds. The molecule has 0 atom stereocenters. The third kappa shape index (κ3) is 4.18. The molecule has 0 unspecified atom stereocenters. The molecule has 0 aliphatic carbocycles. The summed E-state index contributed by atoms with van der Waals surface area (Å²) in [6.07, 6.45) is 0.822. The zero-order valence-electron chi connectivity index (χ0n) is 12.6. The Morgan fingerprint density at radius 3 is 2.29 bits per heavy atom. The maximum atomic E-state index is 14.1. The number of aryl methyl sites for hydroxylation is 1. The lowest BCUT2D eigenvalue weighted by atomic mass is 10.0. The van der Waals surface area contributed by atoms with Crippen LogP contribution in [0, 0.1) is 17.7 Å². The Bertz CT molecular complexity index is 682. The van der Waals surface area contributed by atoms with E-state index in [1.165, 1.54) is 0 Å². The van der Waals surface area contributed by atoms with Crippen molar-refractivity contribution in [2.45, 2.75) is 32.8 Å². The molecule has 0 radical (unpaired) electrons. The van der Waals surface area contributed by atoms with Crippen molar-refractivity contribution in [3.63, 3.8) is 0 Å². The lowest BCUT2D eigenvalue weighted by Crippen LogP contribution is -2.14. The molecule has 21 heavy (non-hydrogen) atoms. The maximum Gasteiger partial charge on any atom is 0.131 e. The highest BCUT2D eigenvalue weighted by molar-refractivity contribution is 5.65. The fraction of sp³-hybridized carbons (Fsp3) is 0.263. The molecule has 2 heteroatoms. The van der Waals surface area contributed by atoms with Crippen LogP contribution in [-0.2, 0) is 6.42 Å². The summed E-state index contributed by atoms with van der Waals surface area (Å²) in [7, 11) is 0. The molecule has 0 aliphatic heterocycles. The molecule has 0 saturated carbocycles. The largest absolute Gasteiger partial charge is 0.378 e. The van der Waals surface area contributed by atoms with Gasteiger partial charge in [0, 0.05) is 11.1 Å². The molecule has 0 aromatic heterocycles. The molecule has 2 rings (SSSR count). The number of rotatable bonds is 2. The minimum atomic E-state index is -1.01. The van der Waals surface area contributed by atoms with Crippen LogP contribution in [0.5, 0.6) is 0 Å². The van der Waals surface area contributed by atoms with Gasteiger partial charge in [0.05, 0.1) is 0 Å². The van der Waals surface area contributed by atoms with Gasteiger partial charge in [-0.05, 0) is 49.6 Å². The number of benzene rings is 2. The fourth-order valence-electron chi connectivity index (χ4n) is 1.97. The van der Waals surface area contributed by atoms with Crippen molar-refractivity contribution in [2.24, 2.45) is 0 Å². The van der Waals surface area contributed by atoms with Crippen molar-refractivity contribution >= 4 is 0 Å². The summed E-state index contributed by atoms with van der Waals surface area (Å²) >= 11 is 0. The summed E-state index contributed by atoms with van der Waals surface area (Å²) in [5.41, 5.74) is 2.19. The molecule has 1 N–H and O–H groups in total. The van der Waals surface area contributed by atoms with Crippen molar-refractivity contribution in [1.82, 2.24) is 0 Å². The van der Waals surface area contributed by atoms with Gasteiger partial charge in [-0.1, -0.05) is 43.0 Å². The minimum absolute atomic E-state index is 0.204. The molecule has 0 fully saturated rings. The molecular weight excluding hydrogens is 263 g/mol. The monoisotopic (exact) mass is 282 g/mol. The maximum absolute atomic E-state index is 14.1. The highest BCUT2D eigenvalue weighted by atomic mass is 19.1. The van der Waals surface area contributed by atoms with E-state index in [2.05, 4.69) is 11.8 Å². The van der Waals surface area contributed by atoms with Crippen LogP contribution < -0.4 is 0 Å². The van der Waals surface area contributed by atoms with Crippen molar-refractivity contribution in [3.8, 4) is 23.0 Å². The van der Waals surface area contributed by atoms with E-state index < -0.39 is 5.60 Å². The van der Waals surface area contributed by atoms with Crippen LogP contribution in [0.3, 0.4) is 0 Å². The molecule has 0 bridgehead atoms. The molecule has 0 spiro atoms. The van der Waals surface area contributed by atoms with Crippen molar-refractivity contribution in [3.05, 3.63) is 59.4 Å². The Morgan fingerprint density at radius 1 is 1.10 bits per heavy atom. The molecule has 0 heterocycles. The van der Waals surface area contributed by atoms with Crippen LogP contribution in [0.15, 0.2) is 42.5 Å². The first-order valence-corrected chi connectivity index (χ1v) is 7.03. The van der Waals surface area contributed by atoms with Gasteiger partial charge in [-0.25, -0.2) is 4.39 Å². The number of aliphatic hydroxyl groups is 1. The van der Waals surface area contributed by atoms with E-state index in [9.17, 15) is 9.50 Å². The van der Waals surface area contributed by atoms with Crippen LogP contribution in [-0.4, -0.2) is 10.7 Å². The zero-order chi connectivity index (χ0) is 15.5. The normalized spacial score (nSPS) is 10.9. The molecule has 108 valence electrons. The van der Waals surface area contributed by atoms with Gasteiger partial charge >= 0.3 is 0 Å². The third-order valence-corrected chi connectivity index (χ3v) is 3.15. The van der Waals surface area contributed by atoms with E-state index in [-0.39, 0.29) is 5.82 Å².